The lowest BCUT2D eigenvalue weighted by Gasteiger charge is -2.10. The molecule has 104 valence electrons. The van der Waals surface area contributed by atoms with E-state index in [9.17, 15) is 4.79 Å². The molecule has 0 aliphatic carbocycles. The minimum absolute atomic E-state index is 0.253. The van der Waals surface area contributed by atoms with E-state index in [4.69, 9.17) is 16.3 Å². The molecule has 0 saturated heterocycles. The first kappa shape index (κ1) is 14.4. The van der Waals surface area contributed by atoms with Crippen molar-refractivity contribution in [2.75, 3.05) is 7.11 Å². The zero-order chi connectivity index (χ0) is 14.5. The number of rotatable bonds is 5. The van der Waals surface area contributed by atoms with Gasteiger partial charge < -0.3 is 4.74 Å². The minimum atomic E-state index is -0.253. The highest BCUT2D eigenvalue weighted by Crippen LogP contribution is 2.25. The van der Waals surface area contributed by atoms with Gasteiger partial charge in [0, 0.05) is 5.56 Å². The van der Waals surface area contributed by atoms with Gasteiger partial charge in [-0.15, -0.1) is 11.3 Å². The fourth-order valence-corrected chi connectivity index (χ4v) is 2.45. The van der Waals surface area contributed by atoms with E-state index < -0.39 is 0 Å². The molecule has 2 rings (SSSR count). The minimum Gasteiger partial charge on any atom is -0.497 e. The summed E-state index contributed by atoms with van der Waals surface area (Å²) in [4.78, 5) is 12.8. The Balaban J connectivity index is 1.92. The Bertz CT molecular complexity index is 622. The van der Waals surface area contributed by atoms with Crippen LogP contribution in [0.15, 0.2) is 43.0 Å². The molecule has 0 saturated carbocycles. The summed E-state index contributed by atoms with van der Waals surface area (Å²) in [5.74, 6) is 0.448. The summed E-state index contributed by atoms with van der Waals surface area (Å²) in [7, 11) is 1.58. The molecule has 6 heteroatoms. The molecule has 2 N–H and O–H groups in total. The van der Waals surface area contributed by atoms with E-state index in [0.717, 1.165) is 4.88 Å². The van der Waals surface area contributed by atoms with Gasteiger partial charge in [-0.3, -0.25) is 15.6 Å². The summed E-state index contributed by atoms with van der Waals surface area (Å²) in [5.41, 5.74) is 6.45. The molecule has 1 aromatic carbocycles. The Hall–Kier alpha value is -1.98. The number of thiophene rings is 1. The van der Waals surface area contributed by atoms with Crippen molar-refractivity contribution < 1.29 is 9.53 Å². The maximum Gasteiger partial charge on any atom is 0.269 e. The monoisotopic (exact) mass is 308 g/mol. The molecule has 0 radical (unpaired) electrons. The predicted octanol–water partition coefficient (Wildman–Crippen LogP) is 3.32. The van der Waals surface area contributed by atoms with Crippen LogP contribution < -0.4 is 15.6 Å². The van der Waals surface area contributed by atoms with Crippen molar-refractivity contribution in [2.45, 2.75) is 0 Å². The summed E-state index contributed by atoms with van der Waals surface area (Å²) >= 11 is 7.23. The molecule has 1 amide bonds. The number of carbonyl (C=O) groups is 1. The Morgan fingerprint density at radius 1 is 1.20 bits per heavy atom. The van der Waals surface area contributed by atoms with Crippen molar-refractivity contribution in [3.05, 3.63) is 57.8 Å². The first-order valence-electron chi connectivity index (χ1n) is 5.75. The van der Waals surface area contributed by atoms with E-state index in [-0.39, 0.29) is 5.91 Å². The van der Waals surface area contributed by atoms with E-state index in [1.54, 1.807) is 37.4 Å². The normalized spacial score (nSPS) is 9.90. The maximum absolute atomic E-state index is 11.9. The Kier molecular flexibility index (Phi) is 4.65. The molecule has 1 aromatic heterocycles. The number of halogens is 1. The number of ether oxygens (including phenoxy) is 1. The zero-order valence-electron chi connectivity index (χ0n) is 10.8. The second kappa shape index (κ2) is 6.45. The van der Waals surface area contributed by atoms with Gasteiger partial charge in [0.15, 0.2) is 0 Å². The Morgan fingerprint density at radius 2 is 1.90 bits per heavy atom. The third-order valence-electron chi connectivity index (χ3n) is 2.55. The Morgan fingerprint density at radius 3 is 2.45 bits per heavy atom. The maximum atomic E-state index is 11.9. The molecule has 0 atom stereocenters. The van der Waals surface area contributed by atoms with E-state index in [1.807, 2.05) is 6.07 Å². The number of carbonyl (C=O) groups excluding carboxylic acids is 1. The van der Waals surface area contributed by atoms with Crippen LogP contribution in [0.25, 0.3) is 5.70 Å². The molecule has 0 fully saturated rings. The van der Waals surface area contributed by atoms with Gasteiger partial charge in [0.2, 0.25) is 0 Å². The lowest BCUT2D eigenvalue weighted by Crippen LogP contribution is -2.35. The fourth-order valence-electron chi connectivity index (χ4n) is 1.48. The molecule has 0 aliphatic heterocycles. The zero-order valence-corrected chi connectivity index (χ0v) is 12.3. The van der Waals surface area contributed by atoms with Gasteiger partial charge in [-0.05, 0) is 36.4 Å². The van der Waals surface area contributed by atoms with Crippen LogP contribution in [0.4, 0.5) is 0 Å². The molecule has 0 unspecified atom stereocenters. The van der Waals surface area contributed by atoms with Gasteiger partial charge in [0.25, 0.3) is 5.91 Å². The number of hydrazine groups is 1. The highest BCUT2D eigenvalue weighted by molar-refractivity contribution is 7.17. The summed E-state index contributed by atoms with van der Waals surface area (Å²) in [6, 6.07) is 10.4. The van der Waals surface area contributed by atoms with Gasteiger partial charge in [0.1, 0.15) is 5.75 Å². The number of benzene rings is 1. The fraction of sp³-hybridized carbons (Fsp3) is 0.0714. The summed E-state index contributed by atoms with van der Waals surface area (Å²) in [5, 5.41) is 0. The first-order chi connectivity index (χ1) is 9.60. The van der Waals surface area contributed by atoms with Crippen molar-refractivity contribution in [1.29, 1.82) is 0 Å². The lowest BCUT2D eigenvalue weighted by atomic mass is 10.2. The standard InChI is InChI=1S/C14H13ClN2O2S/c1-9(12-7-8-13(15)20-12)16-17-14(18)10-3-5-11(19-2)6-4-10/h3-8,16H,1H2,2H3,(H,17,18). The first-order valence-corrected chi connectivity index (χ1v) is 6.94. The molecular formula is C14H13ClN2O2S. The van der Waals surface area contributed by atoms with Gasteiger partial charge >= 0.3 is 0 Å². The summed E-state index contributed by atoms with van der Waals surface area (Å²) < 4.78 is 5.71. The molecular weight excluding hydrogens is 296 g/mol. The van der Waals surface area contributed by atoms with E-state index >= 15 is 0 Å². The second-order valence-electron chi connectivity index (χ2n) is 3.89. The number of hydrogen-bond acceptors (Lipinski definition) is 4. The molecule has 1 heterocycles. The average Bonchev–Trinajstić information content (AvgIpc) is 2.91. The largest absolute Gasteiger partial charge is 0.497 e. The van der Waals surface area contributed by atoms with Crippen LogP contribution in [-0.4, -0.2) is 13.0 Å². The van der Waals surface area contributed by atoms with E-state index in [1.165, 1.54) is 11.3 Å². The topological polar surface area (TPSA) is 50.4 Å². The van der Waals surface area contributed by atoms with Crippen LogP contribution in [-0.2, 0) is 0 Å². The van der Waals surface area contributed by atoms with Crippen molar-refractivity contribution >= 4 is 34.5 Å². The Labute approximate surface area is 126 Å². The summed E-state index contributed by atoms with van der Waals surface area (Å²) in [6.45, 7) is 3.84. The van der Waals surface area contributed by atoms with Crippen molar-refractivity contribution in [3.63, 3.8) is 0 Å². The van der Waals surface area contributed by atoms with Crippen LogP contribution in [0, 0.1) is 0 Å². The van der Waals surface area contributed by atoms with Gasteiger partial charge in [-0.1, -0.05) is 18.2 Å². The third kappa shape index (κ3) is 3.53. The highest BCUT2D eigenvalue weighted by atomic mass is 35.5. The van der Waals surface area contributed by atoms with Gasteiger partial charge in [-0.25, -0.2) is 0 Å². The van der Waals surface area contributed by atoms with Crippen LogP contribution in [0.3, 0.4) is 0 Å². The van der Waals surface area contributed by atoms with Crippen molar-refractivity contribution in [3.8, 4) is 5.75 Å². The molecule has 4 nitrogen and oxygen atoms in total. The van der Waals surface area contributed by atoms with Gasteiger partial charge in [0.05, 0.1) is 22.0 Å². The van der Waals surface area contributed by atoms with Crippen LogP contribution in [0.5, 0.6) is 5.75 Å². The van der Waals surface area contributed by atoms with Crippen LogP contribution in [0.2, 0.25) is 4.34 Å². The molecule has 0 aliphatic rings. The lowest BCUT2D eigenvalue weighted by molar-refractivity contribution is 0.0942. The van der Waals surface area contributed by atoms with Crippen molar-refractivity contribution in [1.82, 2.24) is 10.9 Å². The second-order valence-corrected chi connectivity index (χ2v) is 5.61. The van der Waals surface area contributed by atoms with Crippen LogP contribution >= 0.6 is 22.9 Å². The summed E-state index contributed by atoms with van der Waals surface area (Å²) in [6.07, 6.45) is 0. The van der Waals surface area contributed by atoms with Crippen LogP contribution in [0.1, 0.15) is 15.2 Å². The number of methoxy groups -OCH3 is 1. The highest BCUT2D eigenvalue weighted by Gasteiger charge is 2.07. The van der Waals surface area contributed by atoms with E-state index in [0.29, 0.717) is 21.3 Å². The van der Waals surface area contributed by atoms with Gasteiger partial charge in [-0.2, -0.15) is 0 Å². The molecule has 0 bridgehead atoms. The average molecular weight is 309 g/mol. The number of nitrogens with one attached hydrogen (secondary N) is 2. The number of amides is 1. The SMILES string of the molecule is C=C(NNC(=O)c1ccc(OC)cc1)c1ccc(Cl)s1. The quantitative estimate of drug-likeness (QED) is 0.833. The smallest absolute Gasteiger partial charge is 0.269 e. The molecule has 2 aromatic rings. The third-order valence-corrected chi connectivity index (χ3v) is 3.84. The molecule has 20 heavy (non-hydrogen) atoms. The molecule has 0 spiro atoms. The van der Waals surface area contributed by atoms with E-state index in [2.05, 4.69) is 17.4 Å². The predicted molar refractivity (Wildman–Crippen MR) is 82.0 cm³/mol. The number of hydrogen-bond donors (Lipinski definition) is 2. The van der Waals surface area contributed by atoms with Crippen molar-refractivity contribution in [2.24, 2.45) is 0 Å².